The summed E-state index contributed by atoms with van der Waals surface area (Å²) in [5.74, 6) is 0.169. The topological polar surface area (TPSA) is 50.4 Å². The zero-order valence-corrected chi connectivity index (χ0v) is 14.6. The Morgan fingerprint density at radius 3 is 2.56 bits per heavy atom. The third kappa shape index (κ3) is 2.65. The molecule has 0 amide bonds. The van der Waals surface area contributed by atoms with E-state index >= 15 is 0 Å². The number of halogens is 1. The van der Waals surface area contributed by atoms with Gasteiger partial charge in [-0.25, -0.2) is 9.50 Å². The standard InChI is InChI=1S/C20H16ClN3O/c1-12-5-3-4-6-14(12)17-11-20-22-8-7-18(24(20)23-17)15-10-16(21)13(2)9-19(15)25/h3-11,25H,1-2H3. The molecule has 0 bridgehead atoms. The number of aryl methyl sites for hydroxylation is 2. The van der Waals surface area contributed by atoms with Gasteiger partial charge in [0.25, 0.3) is 0 Å². The minimum absolute atomic E-state index is 0.169. The molecule has 0 atom stereocenters. The summed E-state index contributed by atoms with van der Waals surface area (Å²) in [6.45, 7) is 3.91. The summed E-state index contributed by atoms with van der Waals surface area (Å²) in [6.07, 6.45) is 1.71. The van der Waals surface area contributed by atoms with Gasteiger partial charge in [0.2, 0.25) is 0 Å². The first-order chi connectivity index (χ1) is 12.0. The van der Waals surface area contributed by atoms with Gasteiger partial charge in [-0.05, 0) is 43.2 Å². The number of aromatic nitrogens is 3. The normalized spacial score (nSPS) is 11.2. The first-order valence-corrected chi connectivity index (χ1v) is 8.32. The van der Waals surface area contributed by atoms with Crippen LogP contribution in [0.1, 0.15) is 11.1 Å². The zero-order valence-electron chi connectivity index (χ0n) is 13.9. The van der Waals surface area contributed by atoms with Gasteiger partial charge in [-0.15, -0.1) is 0 Å². The fourth-order valence-electron chi connectivity index (χ4n) is 2.96. The summed E-state index contributed by atoms with van der Waals surface area (Å²) in [5, 5.41) is 15.7. The molecular formula is C20H16ClN3O. The molecule has 0 saturated carbocycles. The third-order valence-electron chi connectivity index (χ3n) is 4.33. The average molecular weight is 350 g/mol. The number of aromatic hydroxyl groups is 1. The van der Waals surface area contributed by atoms with Crippen LogP contribution in [0.4, 0.5) is 0 Å². The van der Waals surface area contributed by atoms with Gasteiger partial charge in [-0.1, -0.05) is 35.9 Å². The first kappa shape index (κ1) is 15.7. The van der Waals surface area contributed by atoms with Gasteiger partial charge in [-0.2, -0.15) is 5.10 Å². The van der Waals surface area contributed by atoms with Crippen LogP contribution in [0.3, 0.4) is 0 Å². The molecule has 4 aromatic rings. The van der Waals surface area contributed by atoms with E-state index in [1.807, 2.05) is 37.3 Å². The van der Waals surface area contributed by atoms with Crippen molar-refractivity contribution >= 4 is 17.2 Å². The molecule has 25 heavy (non-hydrogen) atoms. The van der Waals surface area contributed by atoms with E-state index in [4.69, 9.17) is 16.7 Å². The maximum absolute atomic E-state index is 10.4. The number of rotatable bonds is 2. The molecule has 2 aromatic heterocycles. The maximum atomic E-state index is 10.4. The highest BCUT2D eigenvalue weighted by Crippen LogP contribution is 2.34. The van der Waals surface area contributed by atoms with Gasteiger partial charge in [0.1, 0.15) is 5.75 Å². The molecule has 0 aliphatic rings. The number of fused-ring (bicyclic) bond motifs is 1. The van der Waals surface area contributed by atoms with Gasteiger partial charge in [0.15, 0.2) is 5.65 Å². The molecule has 0 unspecified atom stereocenters. The molecule has 2 aromatic carbocycles. The largest absolute Gasteiger partial charge is 0.507 e. The number of nitrogens with zero attached hydrogens (tertiary/aromatic N) is 3. The van der Waals surface area contributed by atoms with Crippen molar-refractivity contribution in [1.29, 1.82) is 0 Å². The predicted octanol–water partition coefficient (Wildman–Crippen LogP) is 5.04. The molecule has 0 fully saturated rings. The predicted molar refractivity (Wildman–Crippen MR) is 100 cm³/mol. The minimum Gasteiger partial charge on any atom is -0.507 e. The van der Waals surface area contributed by atoms with Crippen molar-refractivity contribution in [1.82, 2.24) is 14.6 Å². The third-order valence-corrected chi connectivity index (χ3v) is 4.74. The lowest BCUT2D eigenvalue weighted by molar-refractivity contribution is 0.476. The Labute approximate surface area is 150 Å². The second-order valence-corrected chi connectivity index (χ2v) is 6.47. The summed E-state index contributed by atoms with van der Waals surface area (Å²) < 4.78 is 1.74. The molecule has 124 valence electrons. The van der Waals surface area contributed by atoms with E-state index in [0.29, 0.717) is 16.2 Å². The zero-order chi connectivity index (χ0) is 17.6. The van der Waals surface area contributed by atoms with Crippen LogP contribution < -0.4 is 0 Å². The van der Waals surface area contributed by atoms with Gasteiger partial charge >= 0.3 is 0 Å². The summed E-state index contributed by atoms with van der Waals surface area (Å²) in [6, 6.07) is 15.3. The lowest BCUT2D eigenvalue weighted by Crippen LogP contribution is -1.96. The van der Waals surface area contributed by atoms with E-state index in [1.54, 1.807) is 22.8 Å². The first-order valence-electron chi connectivity index (χ1n) is 7.95. The Hall–Kier alpha value is -2.85. The van der Waals surface area contributed by atoms with Crippen LogP contribution in [0.25, 0.3) is 28.2 Å². The molecule has 0 radical (unpaired) electrons. The Morgan fingerprint density at radius 2 is 1.76 bits per heavy atom. The second-order valence-electron chi connectivity index (χ2n) is 6.06. The Bertz CT molecular complexity index is 1100. The van der Waals surface area contributed by atoms with Crippen LogP contribution in [0.5, 0.6) is 5.75 Å². The number of phenols is 1. The highest BCUT2D eigenvalue weighted by Gasteiger charge is 2.14. The van der Waals surface area contributed by atoms with Crippen LogP contribution >= 0.6 is 11.6 Å². The highest BCUT2D eigenvalue weighted by molar-refractivity contribution is 6.31. The summed E-state index contributed by atoms with van der Waals surface area (Å²) in [5.41, 5.74) is 5.96. The smallest absolute Gasteiger partial charge is 0.156 e. The minimum atomic E-state index is 0.169. The Morgan fingerprint density at radius 1 is 0.960 bits per heavy atom. The van der Waals surface area contributed by atoms with E-state index in [1.165, 1.54) is 0 Å². The van der Waals surface area contributed by atoms with E-state index in [0.717, 1.165) is 28.1 Å². The van der Waals surface area contributed by atoms with E-state index in [-0.39, 0.29) is 5.75 Å². The quantitative estimate of drug-likeness (QED) is 0.551. The van der Waals surface area contributed by atoms with Crippen LogP contribution in [-0.4, -0.2) is 19.7 Å². The molecule has 4 rings (SSSR count). The van der Waals surface area contributed by atoms with Crippen molar-refractivity contribution < 1.29 is 5.11 Å². The molecule has 5 heteroatoms. The van der Waals surface area contributed by atoms with E-state index < -0.39 is 0 Å². The maximum Gasteiger partial charge on any atom is 0.156 e. The average Bonchev–Trinajstić information content (AvgIpc) is 3.02. The fraction of sp³-hybridized carbons (Fsp3) is 0.100. The van der Waals surface area contributed by atoms with Crippen LogP contribution in [0.2, 0.25) is 5.02 Å². The van der Waals surface area contributed by atoms with Crippen molar-refractivity contribution in [3.63, 3.8) is 0 Å². The van der Waals surface area contributed by atoms with Crippen molar-refractivity contribution in [2.45, 2.75) is 13.8 Å². The van der Waals surface area contributed by atoms with Crippen LogP contribution in [0, 0.1) is 13.8 Å². The monoisotopic (exact) mass is 349 g/mol. The van der Waals surface area contributed by atoms with Gasteiger partial charge in [0.05, 0.1) is 11.4 Å². The molecular weight excluding hydrogens is 334 g/mol. The van der Waals surface area contributed by atoms with Crippen LogP contribution in [0.15, 0.2) is 54.7 Å². The summed E-state index contributed by atoms with van der Waals surface area (Å²) in [7, 11) is 0. The highest BCUT2D eigenvalue weighted by atomic mass is 35.5. The van der Waals surface area contributed by atoms with Gasteiger partial charge < -0.3 is 5.11 Å². The van der Waals surface area contributed by atoms with E-state index in [9.17, 15) is 5.11 Å². The molecule has 1 N–H and O–H groups in total. The van der Waals surface area contributed by atoms with Crippen molar-refractivity contribution in [2.24, 2.45) is 0 Å². The molecule has 0 aliphatic carbocycles. The number of phenolic OH excluding ortho intramolecular Hbond substituents is 1. The summed E-state index contributed by atoms with van der Waals surface area (Å²) >= 11 is 6.25. The fourth-order valence-corrected chi connectivity index (χ4v) is 3.13. The Balaban J connectivity index is 1.95. The molecule has 0 spiro atoms. The molecule has 2 heterocycles. The van der Waals surface area contributed by atoms with Gasteiger partial charge in [-0.3, -0.25) is 0 Å². The van der Waals surface area contributed by atoms with Crippen molar-refractivity contribution in [3.05, 3.63) is 70.9 Å². The lowest BCUT2D eigenvalue weighted by Gasteiger charge is -2.09. The number of benzene rings is 2. The second kappa shape index (κ2) is 5.90. The summed E-state index contributed by atoms with van der Waals surface area (Å²) in [4.78, 5) is 4.40. The lowest BCUT2D eigenvalue weighted by atomic mass is 10.1. The van der Waals surface area contributed by atoms with Gasteiger partial charge in [0, 0.05) is 28.4 Å². The SMILES string of the molecule is Cc1cc(O)c(-c2ccnc3cc(-c4ccccc4C)nn23)cc1Cl. The Kier molecular flexibility index (Phi) is 3.70. The van der Waals surface area contributed by atoms with Crippen molar-refractivity contribution in [2.75, 3.05) is 0 Å². The van der Waals surface area contributed by atoms with E-state index in [2.05, 4.69) is 18.0 Å². The number of hydrogen-bond acceptors (Lipinski definition) is 3. The molecule has 4 nitrogen and oxygen atoms in total. The molecule has 0 saturated heterocycles. The van der Waals surface area contributed by atoms with Crippen LogP contribution in [-0.2, 0) is 0 Å². The number of hydrogen-bond donors (Lipinski definition) is 1. The van der Waals surface area contributed by atoms with Crippen molar-refractivity contribution in [3.8, 4) is 28.3 Å². The molecule has 0 aliphatic heterocycles.